The van der Waals surface area contributed by atoms with Crippen molar-refractivity contribution in [3.8, 4) is 0 Å². The zero-order valence-corrected chi connectivity index (χ0v) is 12.5. The molecule has 2 N–H and O–H groups in total. The van der Waals surface area contributed by atoms with Gasteiger partial charge in [0.05, 0.1) is 6.04 Å². The lowest BCUT2D eigenvalue weighted by atomic mass is 9.71. The first-order valence-electron chi connectivity index (χ1n) is 7.95. The Kier molecular flexibility index (Phi) is 3.14. The van der Waals surface area contributed by atoms with Gasteiger partial charge in [0, 0.05) is 29.8 Å². The molecule has 0 aromatic heterocycles. The molecule has 0 amide bonds. The number of fused-ring (bicyclic) bond motifs is 3. The predicted octanol–water partition coefficient (Wildman–Crippen LogP) is 3.57. The SMILES string of the molecule is Nc1ccc(C2C3CCC(CC3=O)N2c2ccccc2)cc1. The first-order chi connectivity index (χ1) is 10.7. The summed E-state index contributed by atoms with van der Waals surface area (Å²) in [5.41, 5.74) is 9.00. The number of nitrogen functional groups attached to an aromatic ring is 1. The molecule has 2 aliphatic heterocycles. The number of piperidine rings is 2. The van der Waals surface area contributed by atoms with E-state index < -0.39 is 0 Å². The second-order valence-electron chi connectivity index (χ2n) is 6.36. The maximum atomic E-state index is 12.4. The van der Waals surface area contributed by atoms with Crippen LogP contribution < -0.4 is 10.6 Å². The van der Waals surface area contributed by atoms with Crippen LogP contribution >= 0.6 is 0 Å². The minimum absolute atomic E-state index is 0.105. The lowest BCUT2D eigenvalue weighted by Crippen LogP contribution is -2.54. The number of carbonyl (C=O) groups excluding carboxylic acids is 1. The highest BCUT2D eigenvalue weighted by Gasteiger charge is 2.47. The zero-order valence-electron chi connectivity index (χ0n) is 12.5. The van der Waals surface area contributed by atoms with Crippen LogP contribution in [-0.2, 0) is 4.79 Å². The zero-order chi connectivity index (χ0) is 15.1. The Balaban J connectivity index is 1.80. The molecule has 3 unspecified atom stereocenters. The second-order valence-corrected chi connectivity index (χ2v) is 6.36. The summed E-state index contributed by atoms with van der Waals surface area (Å²) in [5, 5.41) is 0. The number of benzene rings is 2. The fraction of sp³-hybridized carbons (Fsp3) is 0.316. The number of nitrogens with two attached hydrogens (primary N) is 1. The first-order valence-corrected chi connectivity index (χ1v) is 7.95. The van der Waals surface area contributed by atoms with E-state index in [9.17, 15) is 4.79 Å². The molecule has 2 heterocycles. The third-order valence-corrected chi connectivity index (χ3v) is 5.07. The van der Waals surface area contributed by atoms with Crippen LogP contribution in [0.25, 0.3) is 0 Å². The Morgan fingerprint density at radius 1 is 0.955 bits per heavy atom. The fourth-order valence-corrected chi connectivity index (χ4v) is 4.07. The van der Waals surface area contributed by atoms with E-state index in [2.05, 4.69) is 41.3 Å². The number of para-hydroxylation sites is 1. The first kappa shape index (κ1) is 13.4. The summed E-state index contributed by atoms with van der Waals surface area (Å²) in [6.45, 7) is 0. The van der Waals surface area contributed by atoms with Crippen molar-refractivity contribution in [1.82, 2.24) is 0 Å². The fourth-order valence-electron chi connectivity index (χ4n) is 4.07. The van der Waals surface area contributed by atoms with E-state index in [0.29, 0.717) is 18.2 Å². The maximum Gasteiger partial charge on any atom is 0.140 e. The molecule has 112 valence electrons. The summed E-state index contributed by atoms with van der Waals surface area (Å²) in [4.78, 5) is 14.9. The Morgan fingerprint density at radius 3 is 2.36 bits per heavy atom. The van der Waals surface area contributed by atoms with Crippen molar-refractivity contribution in [1.29, 1.82) is 0 Å². The Bertz CT molecular complexity index is 680. The van der Waals surface area contributed by atoms with Crippen molar-refractivity contribution in [2.24, 2.45) is 5.92 Å². The predicted molar refractivity (Wildman–Crippen MR) is 88.7 cm³/mol. The molecule has 3 atom stereocenters. The highest BCUT2D eigenvalue weighted by atomic mass is 16.1. The molecule has 3 aliphatic rings. The monoisotopic (exact) mass is 292 g/mol. The van der Waals surface area contributed by atoms with Gasteiger partial charge >= 0.3 is 0 Å². The van der Waals surface area contributed by atoms with Crippen molar-refractivity contribution in [2.45, 2.75) is 31.3 Å². The van der Waals surface area contributed by atoms with E-state index in [4.69, 9.17) is 5.73 Å². The van der Waals surface area contributed by atoms with E-state index in [1.807, 2.05) is 18.2 Å². The second kappa shape index (κ2) is 5.16. The molecule has 2 bridgehead atoms. The minimum atomic E-state index is 0.105. The van der Waals surface area contributed by atoms with Crippen LogP contribution in [-0.4, -0.2) is 11.8 Å². The molecule has 1 saturated carbocycles. The van der Waals surface area contributed by atoms with Crippen LogP contribution in [0.4, 0.5) is 11.4 Å². The number of anilines is 2. The third-order valence-electron chi connectivity index (χ3n) is 5.07. The third kappa shape index (κ3) is 2.08. The van der Waals surface area contributed by atoms with E-state index in [1.165, 1.54) is 11.3 Å². The van der Waals surface area contributed by atoms with Crippen molar-refractivity contribution >= 4 is 17.2 Å². The van der Waals surface area contributed by atoms with Gasteiger partial charge < -0.3 is 10.6 Å². The van der Waals surface area contributed by atoms with Gasteiger partial charge in [-0.2, -0.15) is 0 Å². The van der Waals surface area contributed by atoms with Crippen molar-refractivity contribution in [3.05, 3.63) is 60.2 Å². The van der Waals surface area contributed by atoms with Crippen LogP contribution in [0, 0.1) is 5.92 Å². The Hall–Kier alpha value is -2.29. The summed E-state index contributed by atoms with van der Waals surface area (Å²) >= 11 is 0. The summed E-state index contributed by atoms with van der Waals surface area (Å²) in [6.07, 6.45) is 2.80. The van der Waals surface area contributed by atoms with Crippen LogP contribution in [0.15, 0.2) is 54.6 Å². The average Bonchev–Trinajstić information content (AvgIpc) is 2.56. The van der Waals surface area contributed by atoms with Gasteiger partial charge in [-0.05, 0) is 42.7 Å². The van der Waals surface area contributed by atoms with Gasteiger partial charge in [0.15, 0.2) is 0 Å². The largest absolute Gasteiger partial charge is 0.399 e. The molecule has 3 heteroatoms. The van der Waals surface area contributed by atoms with Crippen LogP contribution in [0.3, 0.4) is 0 Å². The van der Waals surface area contributed by atoms with Gasteiger partial charge in [-0.15, -0.1) is 0 Å². The molecule has 3 fully saturated rings. The number of hydrogen-bond acceptors (Lipinski definition) is 3. The van der Waals surface area contributed by atoms with E-state index in [0.717, 1.165) is 18.5 Å². The smallest absolute Gasteiger partial charge is 0.140 e. The number of Topliss-reactive ketones (excluding diaryl/α,β-unsaturated/α-hetero) is 1. The van der Waals surface area contributed by atoms with Gasteiger partial charge in [0.1, 0.15) is 5.78 Å². The van der Waals surface area contributed by atoms with Crippen LogP contribution in [0.5, 0.6) is 0 Å². The molecule has 22 heavy (non-hydrogen) atoms. The molecule has 3 nitrogen and oxygen atoms in total. The minimum Gasteiger partial charge on any atom is -0.399 e. The molecular formula is C19H20N2O. The van der Waals surface area contributed by atoms with Crippen molar-refractivity contribution in [3.63, 3.8) is 0 Å². The van der Waals surface area contributed by atoms with Crippen LogP contribution in [0.2, 0.25) is 0 Å². The highest BCUT2D eigenvalue weighted by molar-refractivity contribution is 5.86. The molecule has 0 spiro atoms. The highest BCUT2D eigenvalue weighted by Crippen LogP contribution is 2.47. The van der Waals surface area contributed by atoms with E-state index in [1.54, 1.807) is 0 Å². The average molecular weight is 292 g/mol. The standard InChI is InChI=1S/C19H20N2O/c20-14-8-6-13(7-9-14)19-17-11-10-16(12-18(17)22)21(19)15-4-2-1-3-5-15/h1-9,16-17,19H,10-12,20H2. The molecule has 5 rings (SSSR count). The number of rotatable bonds is 2. The van der Waals surface area contributed by atoms with Crippen molar-refractivity contribution < 1.29 is 4.79 Å². The maximum absolute atomic E-state index is 12.4. The molecular weight excluding hydrogens is 272 g/mol. The molecule has 2 aromatic rings. The van der Waals surface area contributed by atoms with Crippen molar-refractivity contribution in [2.75, 3.05) is 10.6 Å². The topological polar surface area (TPSA) is 46.3 Å². The van der Waals surface area contributed by atoms with Gasteiger partial charge in [0.25, 0.3) is 0 Å². The molecule has 2 aromatic carbocycles. The van der Waals surface area contributed by atoms with E-state index in [-0.39, 0.29) is 12.0 Å². The molecule has 0 radical (unpaired) electrons. The quantitative estimate of drug-likeness (QED) is 0.861. The molecule has 2 saturated heterocycles. The van der Waals surface area contributed by atoms with Gasteiger partial charge in [-0.1, -0.05) is 30.3 Å². The summed E-state index contributed by atoms with van der Waals surface area (Å²) < 4.78 is 0. The normalized spacial score (nSPS) is 27.2. The summed E-state index contributed by atoms with van der Waals surface area (Å²) in [7, 11) is 0. The van der Waals surface area contributed by atoms with E-state index >= 15 is 0 Å². The Morgan fingerprint density at radius 2 is 1.68 bits per heavy atom. The number of nitrogens with zero attached hydrogens (tertiary/aromatic N) is 1. The van der Waals surface area contributed by atoms with Gasteiger partial charge in [-0.25, -0.2) is 0 Å². The summed E-state index contributed by atoms with van der Waals surface area (Å²) in [6, 6.07) is 19.0. The lowest BCUT2D eigenvalue weighted by molar-refractivity contribution is -0.128. The lowest BCUT2D eigenvalue weighted by Gasteiger charge is -2.52. The van der Waals surface area contributed by atoms with Gasteiger partial charge in [0.2, 0.25) is 0 Å². The summed E-state index contributed by atoms with van der Waals surface area (Å²) in [5.74, 6) is 0.527. The number of ketones is 1. The number of carbonyl (C=O) groups is 1. The molecule has 1 aliphatic carbocycles. The van der Waals surface area contributed by atoms with Crippen LogP contribution in [0.1, 0.15) is 30.9 Å². The Labute approximate surface area is 130 Å². The number of hydrogen-bond donors (Lipinski definition) is 1. The van der Waals surface area contributed by atoms with Gasteiger partial charge in [-0.3, -0.25) is 4.79 Å².